The molecule has 0 bridgehead atoms. The third-order valence-corrected chi connectivity index (χ3v) is 3.38. The van der Waals surface area contributed by atoms with Crippen LogP contribution < -0.4 is 10.6 Å². The van der Waals surface area contributed by atoms with E-state index in [0.717, 1.165) is 30.8 Å². The molecule has 4 nitrogen and oxygen atoms in total. The standard InChI is InChI=1S/C13H18N2O2/c1-9-7-10(16)3-4-11(9)15-12(17)13(2)5-6-14-8-13/h3-4,7,14,16H,5-6,8H2,1-2H3,(H,15,17). The van der Waals surface area contributed by atoms with Crippen LogP contribution in [0.5, 0.6) is 5.75 Å². The molecular weight excluding hydrogens is 216 g/mol. The Bertz CT molecular complexity index is 437. The van der Waals surface area contributed by atoms with Gasteiger partial charge in [0.25, 0.3) is 0 Å². The summed E-state index contributed by atoms with van der Waals surface area (Å²) in [6, 6.07) is 4.96. The van der Waals surface area contributed by atoms with E-state index in [9.17, 15) is 9.90 Å². The normalized spacial score (nSPS) is 23.6. The average molecular weight is 234 g/mol. The minimum atomic E-state index is -0.329. The van der Waals surface area contributed by atoms with Crippen LogP contribution in [0.1, 0.15) is 18.9 Å². The number of aromatic hydroxyl groups is 1. The predicted molar refractivity (Wildman–Crippen MR) is 67.1 cm³/mol. The fraction of sp³-hybridized carbons (Fsp3) is 0.462. The van der Waals surface area contributed by atoms with Gasteiger partial charge in [0.05, 0.1) is 5.41 Å². The van der Waals surface area contributed by atoms with Crippen molar-refractivity contribution >= 4 is 11.6 Å². The highest BCUT2D eigenvalue weighted by atomic mass is 16.3. The number of carbonyl (C=O) groups is 1. The zero-order valence-electron chi connectivity index (χ0n) is 10.2. The summed E-state index contributed by atoms with van der Waals surface area (Å²) in [5.41, 5.74) is 1.30. The van der Waals surface area contributed by atoms with Gasteiger partial charge in [-0.3, -0.25) is 4.79 Å². The van der Waals surface area contributed by atoms with Gasteiger partial charge in [0.15, 0.2) is 0 Å². The Balaban J connectivity index is 2.13. The quantitative estimate of drug-likeness (QED) is 0.682. The Morgan fingerprint density at radius 3 is 2.88 bits per heavy atom. The summed E-state index contributed by atoms with van der Waals surface area (Å²) >= 11 is 0. The van der Waals surface area contributed by atoms with Crippen LogP contribution in [0, 0.1) is 12.3 Å². The number of anilines is 1. The van der Waals surface area contributed by atoms with E-state index in [2.05, 4.69) is 10.6 Å². The second-order valence-electron chi connectivity index (χ2n) is 4.94. The number of carbonyl (C=O) groups excluding carboxylic acids is 1. The molecule has 4 heteroatoms. The SMILES string of the molecule is Cc1cc(O)ccc1NC(=O)C1(C)CCNC1. The summed E-state index contributed by atoms with van der Waals surface area (Å²) in [6.45, 7) is 5.44. The molecular formula is C13H18N2O2. The van der Waals surface area contributed by atoms with E-state index in [1.807, 2.05) is 13.8 Å². The van der Waals surface area contributed by atoms with Crippen molar-refractivity contribution in [2.24, 2.45) is 5.41 Å². The molecule has 0 aliphatic carbocycles. The van der Waals surface area contributed by atoms with Crippen molar-refractivity contribution in [2.45, 2.75) is 20.3 Å². The lowest BCUT2D eigenvalue weighted by molar-refractivity contribution is -0.123. The monoisotopic (exact) mass is 234 g/mol. The first-order valence-corrected chi connectivity index (χ1v) is 5.83. The van der Waals surface area contributed by atoms with E-state index < -0.39 is 0 Å². The van der Waals surface area contributed by atoms with E-state index in [4.69, 9.17) is 0 Å². The van der Waals surface area contributed by atoms with Crippen molar-refractivity contribution in [3.8, 4) is 5.75 Å². The van der Waals surface area contributed by atoms with Crippen LogP contribution in [0.4, 0.5) is 5.69 Å². The van der Waals surface area contributed by atoms with E-state index in [0.29, 0.717) is 0 Å². The molecule has 1 aromatic carbocycles. The molecule has 1 heterocycles. The Kier molecular flexibility index (Phi) is 3.07. The predicted octanol–water partition coefficient (Wildman–Crippen LogP) is 1.64. The Morgan fingerprint density at radius 2 is 2.29 bits per heavy atom. The largest absolute Gasteiger partial charge is 0.508 e. The summed E-state index contributed by atoms with van der Waals surface area (Å²) in [4.78, 5) is 12.2. The van der Waals surface area contributed by atoms with E-state index in [1.165, 1.54) is 0 Å². The number of amides is 1. The van der Waals surface area contributed by atoms with Crippen molar-refractivity contribution in [3.63, 3.8) is 0 Å². The lowest BCUT2D eigenvalue weighted by Gasteiger charge is -2.22. The molecule has 1 amide bonds. The molecule has 2 rings (SSSR count). The van der Waals surface area contributed by atoms with Gasteiger partial charge in [0.1, 0.15) is 5.75 Å². The molecule has 3 N–H and O–H groups in total. The van der Waals surface area contributed by atoms with Crippen molar-refractivity contribution < 1.29 is 9.90 Å². The lowest BCUT2D eigenvalue weighted by atomic mass is 9.88. The zero-order valence-corrected chi connectivity index (χ0v) is 10.2. The van der Waals surface area contributed by atoms with Crippen LogP contribution in [0.2, 0.25) is 0 Å². The highest BCUT2D eigenvalue weighted by molar-refractivity contribution is 5.96. The molecule has 1 fully saturated rings. The number of nitrogens with one attached hydrogen (secondary N) is 2. The van der Waals surface area contributed by atoms with Gasteiger partial charge < -0.3 is 15.7 Å². The van der Waals surface area contributed by atoms with Crippen molar-refractivity contribution in [1.82, 2.24) is 5.32 Å². The first kappa shape index (κ1) is 11.9. The molecule has 0 aromatic heterocycles. The van der Waals surface area contributed by atoms with Crippen LogP contribution >= 0.6 is 0 Å². The molecule has 17 heavy (non-hydrogen) atoms. The minimum Gasteiger partial charge on any atom is -0.508 e. The van der Waals surface area contributed by atoms with Gasteiger partial charge in [0.2, 0.25) is 5.91 Å². The molecule has 1 unspecified atom stereocenters. The molecule has 1 aliphatic heterocycles. The summed E-state index contributed by atoms with van der Waals surface area (Å²) in [5.74, 6) is 0.255. The third-order valence-electron chi connectivity index (χ3n) is 3.38. The second-order valence-corrected chi connectivity index (χ2v) is 4.94. The van der Waals surface area contributed by atoms with Crippen molar-refractivity contribution in [3.05, 3.63) is 23.8 Å². The van der Waals surface area contributed by atoms with Gasteiger partial charge in [-0.25, -0.2) is 0 Å². The van der Waals surface area contributed by atoms with Gasteiger partial charge >= 0.3 is 0 Å². The van der Waals surface area contributed by atoms with Crippen LogP contribution in [0.15, 0.2) is 18.2 Å². The molecule has 0 spiro atoms. The number of phenols is 1. The van der Waals surface area contributed by atoms with Gasteiger partial charge in [-0.2, -0.15) is 0 Å². The van der Waals surface area contributed by atoms with E-state index in [-0.39, 0.29) is 17.1 Å². The first-order chi connectivity index (χ1) is 8.01. The minimum absolute atomic E-state index is 0.0382. The second kappa shape index (κ2) is 4.37. The van der Waals surface area contributed by atoms with E-state index >= 15 is 0 Å². The molecule has 0 saturated carbocycles. The van der Waals surface area contributed by atoms with Crippen molar-refractivity contribution in [1.29, 1.82) is 0 Å². The molecule has 1 aliphatic rings. The number of hydrogen-bond donors (Lipinski definition) is 3. The average Bonchev–Trinajstić information content (AvgIpc) is 2.71. The van der Waals surface area contributed by atoms with Gasteiger partial charge in [0, 0.05) is 12.2 Å². The van der Waals surface area contributed by atoms with Gasteiger partial charge in [-0.05, 0) is 50.6 Å². The van der Waals surface area contributed by atoms with Gasteiger partial charge in [-0.1, -0.05) is 0 Å². The van der Waals surface area contributed by atoms with Gasteiger partial charge in [-0.15, -0.1) is 0 Å². The van der Waals surface area contributed by atoms with Crippen LogP contribution in [0.25, 0.3) is 0 Å². The zero-order chi connectivity index (χ0) is 12.5. The first-order valence-electron chi connectivity index (χ1n) is 5.83. The molecule has 1 aromatic rings. The molecule has 0 radical (unpaired) electrons. The maximum atomic E-state index is 12.2. The third kappa shape index (κ3) is 2.42. The Morgan fingerprint density at radius 1 is 1.53 bits per heavy atom. The number of rotatable bonds is 2. The summed E-state index contributed by atoms with van der Waals surface area (Å²) in [5, 5.41) is 15.4. The smallest absolute Gasteiger partial charge is 0.231 e. The maximum Gasteiger partial charge on any atom is 0.231 e. The maximum absolute atomic E-state index is 12.2. The summed E-state index contributed by atoms with van der Waals surface area (Å²) in [6.07, 6.45) is 0.857. The fourth-order valence-electron chi connectivity index (χ4n) is 2.07. The highest BCUT2D eigenvalue weighted by Crippen LogP contribution is 2.28. The highest BCUT2D eigenvalue weighted by Gasteiger charge is 2.36. The molecule has 1 atom stereocenters. The number of phenolic OH excluding ortho intramolecular Hbond substituents is 1. The fourth-order valence-corrected chi connectivity index (χ4v) is 2.07. The van der Waals surface area contributed by atoms with E-state index in [1.54, 1.807) is 18.2 Å². The topological polar surface area (TPSA) is 61.4 Å². The van der Waals surface area contributed by atoms with Crippen LogP contribution in [0.3, 0.4) is 0 Å². The summed E-state index contributed by atoms with van der Waals surface area (Å²) < 4.78 is 0. The number of benzene rings is 1. The van der Waals surface area contributed by atoms with Crippen LogP contribution in [-0.2, 0) is 4.79 Å². The molecule has 92 valence electrons. The van der Waals surface area contributed by atoms with Crippen LogP contribution in [-0.4, -0.2) is 24.1 Å². The number of hydrogen-bond acceptors (Lipinski definition) is 3. The summed E-state index contributed by atoms with van der Waals surface area (Å²) in [7, 11) is 0. The molecule has 1 saturated heterocycles. The van der Waals surface area contributed by atoms with Crippen molar-refractivity contribution in [2.75, 3.05) is 18.4 Å². The number of aryl methyl sites for hydroxylation is 1. The Labute approximate surface area is 101 Å². The lowest BCUT2D eigenvalue weighted by Crippen LogP contribution is -2.35. The Hall–Kier alpha value is -1.55.